The summed E-state index contributed by atoms with van der Waals surface area (Å²) in [7, 11) is 1.44. The molecule has 13 heavy (non-hydrogen) atoms. The number of rotatable bonds is 3. The summed E-state index contributed by atoms with van der Waals surface area (Å²) in [5.41, 5.74) is 0.584. The van der Waals surface area contributed by atoms with Gasteiger partial charge in [-0.05, 0) is 12.1 Å². The Morgan fingerprint density at radius 1 is 1.62 bits per heavy atom. The van der Waals surface area contributed by atoms with Gasteiger partial charge in [0.15, 0.2) is 0 Å². The number of alkyl halides is 1. The minimum absolute atomic E-state index is 0.368. The van der Waals surface area contributed by atoms with Crippen LogP contribution in [-0.2, 0) is 0 Å². The minimum atomic E-state index is -0.671. The molecule has 0 radical (unpaired) electrons. The minimum Gasteiger partial charge on any atom is -0.496 e. The standard InChI is InChI=1S/C9H10BrFO2/c1-13-9-4-6(11)2-3-7(9)8(12)5-10/h2-4,8,12H,5H2,1H3. The smallest absolute Gasteiger partial charge is 0.127 e. The molecule has 0 aliphatic rings. The molecule has 2 nitrogen and oxygen atoms in total. The molecule has 0 spiro atoms. The van der Waals surface area contributed by atoms with Gasteiger partial charge in [0, 0.05) is 17.0 Å². The van der Waals surface area contributed by atoms with E-state index in [9.17, 15) is 9.50 Å². The summed E-state index contributed by atoms with van der Waals surface area (Å²) in [6.45, 7) is 0. The topological polar surface area (TPSA) is 29.5 Å². The van der Waals surface area contributed by atoms with Crippen molar-refractivity contribution in [1.82, 2.24) is 0 Å². The maximum Gasteiger partial charge on any atom is 0.127 e. The van der Waals surface area contributed by atoms with Gasteiger partial charge < -0.3 is 9.84 Å². The highest BCUT2D eigenvalue weighted by Gasteiger charge is 2.12. The van der Waals surface area contributed by atoms with Crippen LogP contribution in [0.25, 0.3) is 0 Å². The molecule has 1 N–H and O–H groups in total. The summed E-state index contributed by atoms with van der Waals surface area (Å²) < 4.78 is 17.7. The molecule has 1 unspecified atom stereocenters. The van der Waals surface area contributed by atoms with Crippen molar-refractivity contribution in [2.75, 3.05) is 12.4 Å². The quantitative estimate of drug-likeness (QED) is 0.832. The number of halogens is 2. The van der Waals surface area contributed by atoms with Gasteiger partial charge >= 0.3 is 0 Å². The number of hydrogen-bond acceptors (Lipinski definition) is 2. The van der Waals surface area contributed by atoms with Crippen molar-refractivity contribution in [3.05, 3.63) is 29.6 Å². The van der Waals surface area contributed by atoms with E-state index in [0.717, 1.165) is 0 Å². The van der Waals surface area contributed by atoms with Gasteiger partial charge in [0.2, 0.25) is 0 Å². The molecule has 0 fully saturated rings. The first-order valence-electron chi connectivity index (χ1n) is 3.76. The van der Waals surface area contributed by atoms with E-state index in [2.05, 4.69) is 15.9 Å². The van der Waals surface area contributed by atoms with Gasteiger partial charge in [-0.15, -0.1) is 0 Å². The number of benzene rings is 1. The first-order valence-corrected chi connectivity index (χ1v) is 4.88. The molecule has 0 saturated carbocycles. The highest BCUT2D eigenvalue weighted by atomic mass is 79.9. The molecule has 0 bridgehead atoms. The van der Waals surface area contributed by atoms with E-state index in [0.29, 0.717) is 16.6 Å². The SMILES string of the molecule is COc1cc(F)ccc1C(O)CBr. The maximum atomic E-state index is 12.7. The van der Waals surface area contributed by atoms with E-state index in [1.54, 1.807) is 0 Å². The summed E-state index contributed by atoms with van der Waals surface area (Å²) >= 11 is 3.13. The van der Waals surface area contributed by atoms with Crippen LogP contribution in [-0.4, -0.2) is 17.5 Å². The van der Waals surface area contributed by atoms with Crippen molar-refractivity contribution in [2.24, 2.45) is 0 Å². The Hall–Kier alpha value is -0.610. The normalized spacial score (nSPS) is 12.6. The van der Waals surface area contributed by atoms with Crippen molar-refractivity contribution in [1.29, 1.82) is 0 Å². The van der Waals surface area contributed by atoms with Gasteiger partial charge in [0.05, 0.1) is 13.2 Å². The lowest BCUT2D eigenvalue weighted by Gasteiger charge is -2.11. The van der Waals surface area contributed by atoms with Crippen LogP contribution in [0.2, 0.25) is 0 Å². The van der Waals surface area contributed by atoms with E-state index >= 15 is 0 Å². The van der Waals surface area contributed by atoms with E-state index in [1.807, 2.05) is 0 Å². The van der Waals surface area contributed by atoms with Crippen molar-refractivity contribution in [3.8, 4) is 5.75 Å². The number of methoxy groups -OCH3 is 1. The Bertz CT molecular complexity index is 291. The van der Waals surface area contributed by atoms with Crippen LogP contribution in [0.4, 0.5) is 4.39 Å². The van der Waals surface area contributed by atoms with Crippen molar-refractivity contribution in [2.45, 2.75) is 6.10 Å². The van der Waals surface area contributed by atoms with Crippen LogP contribution in [0.15, 0.2) is 18.2 Å². The molecule has 1 atom stereocenters. The average molecular weight is 249 g/mol. The lowest BCUT2D eigenvalue weighted by atomic mass is 10.1. The maximum absolute atomic E-state index is 12.7. The second kappa shape index (κ2) is 4.58. The first kappa shape index (κ1) is 10.5. The molecule has 0 saturated heterocycles. The lowest BCUT2D eigenvalue weighted by Crippen LogP contribution is -2.01. The second-order valence-corrected chi connectivity index (χ2v) is 3.20. The summed E-state index contributed by atoms with van der Waals surface area (Å²) in [5.74, 6) is -0.00526. The highest BCUT2D eigenvalue weighted by Crippen LogP contribution is 2.26. The zero-order valence-electron chi connectivity index (χ0n) is 7.13. The Labute approximate surface area is 84.5 Å². The molecule has 0 amide bonds. The Balaban J connectivity index is 3.05. The summed E-state index contributed by atoms with van der Waals surface area (Å²) in [6, 6.07) is 4.06. The van der Waals surface area contributed by atoms with Gasteiger partial charge in [-0.2, -0.15) is 0 Å². The average Bonchev–Trinajstić information content (AvgIpc) is 2.16. The molecule has 0 aliphatic heterocycles. The van der Waals surface area contributed by atoms with Crippen LogP contribution in [0, 0.1) is 5.82 Å². The van der Waals surface area contributed by atoms with Gasteiger partial charge in [-0.1, -0.05) is 15.9 Å². The predicted molar refractivity (Wildman–Crippen MR) is 51.7 cm³/mol. The van der Waals surface area contributed by atoms with Gasteiger partial charge in [-0.3, -0.25) is 0 Å². The second-order valence-electron chi connectivity index (χ2n) is 2.56. The fourth-order valence-corrected chi connectivity index (χ4v) is 1.39. The van der Waals surface area contributed by atoms with Gasteiger partial charge in [-0.25, -0.2) is 4.39 Å². The lowest BCUT2D eigenvalue weighted by molar-refractivity contribution is 0.200. The summed E-state index contributed by atoms with van der Waals surface area (Å²) in [5, 5.41) is 9.88. The van der Waals surface area contributed by atoms with Crippen molar-refractivity contribution in [3.63, 3.8) is 0 Å². The van der Waals surface area contributed by atoms with Crippen LogP contribution >= 0.6 is 15.9 Å². The third-order valence-corrected chi connectivity index (χ3v) is 2.31. The highest BCUT2D eigenvalue weighted by molar-refractivity contribution is 9.09. The molecule has 72 valence electrons. The summed E-state index contributed by atoms with van der Waals surface area (Å²) in [6.07, 6.45) is -0.671. The Kier molecular flexibility index (Phi) is 3.69. The summed E-state index contributed by atoms with van der Waals surface area (Å²) in [4.78, 5) is 0. The van der Waals surface area contributed by atoms with E-state index in [4.69, 9.17) is 4.74 Å². The third kappa shape index (κ3) is 2.42. The molecular formula is C9H10BrFO2. The zero-order chi connectivity index (χ0) is 9.84. The predicted octanol–water partition coefficient (Wildman–Crippen LogP) is 2.26. The number of ether oxygens (including phenoxy) is 1. The molecule has 1 aromatic rings. The number of aliphatic hydroxyl groups excluding tert-OH is 1. The molecule has 0 heterocycles. The molecular weight excluding hydrogens is 239 g/mol. The Morgan fingerprint density at radius 3 is 2.85 bits per heavy atom. The Morgan fingerprint density at radius 2 is 2.31 bits per heavy atom. The first-order chi connectivity index (χ1) is 6.19. The van der Waals surface area contributed by atoms with E-state index in [1.165, 1.54) is 25.3 Å². The third-order valence-electron chi connectivity index (χ3n) is 1.70. The van der Waals surface area contributed by atoms with Crippen LogP contribution in [0.1, 0.15) is 11.7 Å². The van der Waals surface area contributed by atoms with E-state index in [-0.39, 0.29) is 5.82 Å². The van der Waals surface area contributed by atoms with Gasteiger partial charge in [0.1, 0.15) is 11.6 Å². The molecule has 0 aliphatic carbocycles. The fraction of sp³-hybridized carbons (Fsp3) is 0.333. The molecule has 4 heteroatoms. The zero-order valence-corrected chi connectivity index (χ0v) is 8.71. The fourth-order valence-electron chi connectivity index (χ4n) is 1.04. The molecule has 1 aromatic carbocycles. The van der Waals surface area contributed by atoms with Crippen molar-refractivity contribution < 1.29 is 14.2 Å². The van der Waals surface area contributed by atoms with Gasteiger partial charge in [0.25, 0.3) is 0 Å². The largest absolute Gasteiger partial charge is 0.496 e. The monoisotopic (exact) mass is 248 g/mol. The van der Waals surface area contributed by atoms with Crippen LogP contribution in [0.3, 0.4) is 0 Å². The van der Waals surface area contributed by atoms with Crippen LogP contribution < -0.4 is 4.74 Å². The van der Waals surface area contributed by atoms with Crippen LogP contribution in [0.5, 0.6) is 5.75 Å². The molecule has 1 rings (SSSR count). The number of aliphatic hydroxyl groups is 1. The van der Waals surface area contributed by atoms with E-state index < -0.39 is 6.10 Å². The van der Waals surface area contributed by atoms with Crippen molar-refractivity contribution >= 4 is 15.9 Å². The molecule has 0 aromatic heterocycles. The number of hydrogen-bond donors (Lipinski definition) is 1.